The van der Waals surface area contributed by atoms with Crippen LogP contribution in [0.2, 0.25) is 0 Å². The number of nitrogens with zero attached hydrogens (tertiary/aromatic N) is 1. The fourth-order valence-corrected chi connectivity index (χ4v) is 2.79. The molecule has 120 valence electrons. The number of nitrogens with two attached hydrogens (primary N) is 1. The van der Waals surface area contributed by atoms with Crippen LogP contribution in [0.4, 0.5) is 0 Å². The molecule has 0 fully saturated rings. The van der Waals surface area contributed by atoms with Gasteiger partial charge in [0.25, 0.3) is 5.91 Å². The fourth-order valence-electron chi connectivity index (χ4n) is 1.91. The highest BCUT2D eigenvalue weighted by molar-refractivity contribution is 7.89. The van der Waals surface area contributed by atoms with Gasteiger partial charge in [0.05, 0.1) is 11.0 Å². The van der Waals surface area contributed by atoms with E-state index in [4.69, 9.17) is 10.4 Å². The van der Waals surface area contributed by atoms with Crippen LogP contribution in [-0.2, 0) is 10.0 Å². The van der Waals surface area contributed by atoms with E-state index in [2.05, 4.69) is 5.32 Å². The lowest BCUT2D eigenvalue weighted by molar-refractivity contribution is 0.0921. The Morgan fingerprint density at radius 2 is 1.86 bits per heavy atom. The van der Waals surface area contributed by atoms with Gasteiger partial charge in [-0.15, -0.1) is 0 Å². The van der Waals surface area contributed by atoms with Crippen LogP contribution in [0.1, 0.15) is 42.3 Å². The number of aryl methyl sites for hydroxylation is 1. The van der Waals surface area contributed by atoms with Gasteiger partial charge in [-0.25, -0.2) is 13.6 Å². The molecule has 0 aliphatic rings. The average Bonchev–Trinajstić information content (AvgIpc) is 2.35. The van der Waals surface area contributed by atoms with Crippen molar-refractivity contribution < 1.29 is 13.2 Å². The monoisotopic (exact) mass is 323 g/mol. The lowest BCUT2D eigenvalue weighted by Gasteiger charge is -2.25. The van der Waals surface area contributed by atoms with Gasteiger partial charge in [-0.05, 0) is 42.5 Å². The largest absolute Gasteiger partial charge is 0.336 e. The highest BCUT2D eigenvalue weighted by atomic mass is 32.2. The Bertz CT molecular complexity index is 741. The number of hydrogen-bond acceptors (Lipinski definition) is 4. The van der Waals surface area contributed by atoms with Gasteiger partial charge in [0.2, 0.25) is 10.0 Å². The van der Waals surface area contributed by atoms with Crippen LogP contribution in [0.5, 0.6) is 0 Å². The second kappa shape index (κ2) is 6.07. The topological polar surface area (TPSA) is 113 Å². The predicted octanol–water partition coefficient (Wildman–Crippen LogP) is 1.62. The van der Waals surface area contributed by atoms with E-state index in [9.17, 15) is 13.2 Å². The van der Waals surface area contributed by atoms with Crippen molar-refractivity contribution >= 4 is 15.9 Å². The summed E-state index contributed by atoms with van der Waals surface area (Å²) in [5.74, 6) is -0.505. The third-order valence-corrected chi connectivity index (χ3v) is 4.50. The molecule has 3 N–H and O–H groups in total. The maximum absolute atomic E-state index is 12.3. The molecule has 0 aromatic heterocycles. The van der Waals surface area contributed by atoms with E-state index in [1.165, 1.54) is 6.07 Å². The van der Waals surface area contributed by atoms with E-state index >= 15 is 0 Å². The van der Waals surface area contributed by atoms with Crippen LogP contribution in [-0.4, -0.2) is 20.4 Å². The highest BCUT2D eigenvalue weighted by Gasteiger charge is 2.27. The number of primary sulfonamides is 1. The predicted molar refractivity (Wildman–Crippen MR) is 83.6 cm³/mol. The summed E-state index contributed by atoms with van der Waals surface area (Å²) in [6.07, 6.45) is 0. The maximum atomic E-state index is 12.3. The number of amides is 1. The quantitative estimate of drug-likeness (QED) is 0.879. The summed E-state index contributed by atoms with van der Waals surface area (Å²) in [6.45, 7) is 8.82. The molecule has 1 atom stereocenters. The number of hydrogen-bond donors (Lipinski definition) is 2. The lowest BCUT2D eigenvalue weighted by atomic mass is 9.87. The first kappa shape index (κ1) is 18.1. The molecule has 1 amide bonds. The molecule has 0 radical (unpaired) electrons. The molecule has 1 unspecified atom stereocenters. The van der Waals surface area contributed by atoms with E-state index in [0.717, 1.165) is 0 Å². The van der Waals surface area contributed by atoms with Gasteiger partial charge in [-0.1, -0.05) is 20.8 Å². The van der Waals surface area contributed by atoms with Gasteiger partial charge in [0, 0.05) is 5.56 Å². The van der Waals surface area contributed by atoms with Crippen molar-refractivity contribution in [1.82, 2.24) is 5.32 Å². The number of carbonyl (C=O) groups excluding carboxylic acids is 1. The fraction of sp³-hybridized carbons (Fsp3) is 0.467. The Kier molecular flexibility index (Phi) is 5.00. The van der Waals surface area contributed by atoms with Gasteiger partial charge in [-0.3, -0.25) is 4.79 Å². The van der Waals surface area contributed by atoms with Crippen LogP contribution >= 0.6 is 0 Å². The summed E-state index contributed by atoms with van der Waals surface area (Å²) < 4.78 is 23.2. The van der Waals surface area contributed by atoms with E-state index in [0.29, 0.717) is 11.1 Å². The number of nitriles is 1. The van der Waals surface area contributed by atoms with E-state index in [-0.39, 0.29) is 10.5 Å². The normalized spacial score (nSPS) is 13.3. The van der Waals surface area contributed by atoms with Crippen molar-refractivity contribution in [3.8, 4) is 6.07 Å². The Morgan fingerprint density at radius 3 is 2.27 bits per heavy atom. The standard InChI is InChI=1S/C15H21N3O3S/c1-9-6-11(7-12(10(9)2)22(17,20)21)14(19)18-13(8-16)15(3,4)5/h6-7,13H,1-5H3,(H,18,19)(H2,17,20,21). The van der Waals surface area contributed by atoms with Crippen molar-refractivity contribution in [1.29, 1.82) is 5.26 Å². The Morgan fingerprint density at radius 1 is 1.32 bits per heavy atom. The molecule has 0 saturated heterocycles. The van der Waals surface area contributed by atoms with E-state index in [1.54, 1.807) is 19.9 Å². The summed E-state index contributed by atoms with van der Waals surface area (Å²) in [5.41, 5.74) is 0.872. The van der Waals surface area contributed by atoms with Crippen molar-refractivity contribution in [2.45, 2.75) is 45.6 Å². The van der Waals surface area contributed by atoms with Crippen LogP contribution in [0.15, 0.2) is 17.0 Å². The van der Waals surface area contributed by atoms with Gasteiger partial charge in [0.15, 0.2) is 0 Å². The average molecular weight is 323 g/mol. The number of nitrogens with one attached hydrogen (secondary N) is 1. The van der Waals surface area contributed by atoms with E-state index < -0.39 is 27.4 Å². The van der Waals surface area contributed by atoms with Gasteiger partial charge in [-0.2, -0.15) is 5.26 Å². The third-order valence-electron chi connectivity index (χ3n) is 3.46. The summed E-state index contributed by atoms with van der Waals surface area (Å²) in [6, 6.07) is 4.16. The Labute approximate surface area is 131 Å². The highest BCUT2D eigenvalue weighted by Crippen LogP contribution is 2.22. The lowest BCUT2D eigenvalue weighted by Crippen LogP contribution is -2.42. The number of sulfonamides is 1. The van der Waals surface area contributed by atoms with Crippen molar-refractivity contribution in [2.24, 2.45) is 10.6 Å². The molecular weight excluding hydrogens is 302 g/mol. The molecule has 0 spiro atoms. The van der Waals surface area contributed by atoms with Crippen LogP contribution in [0, 0.1) is 30.6 Å². The van der Waals surface area contributed by atoms with Crippen LogP contribution < -0.4 is 10.5 Å². The van der Waals surface area contributed by atoms with Crippen molar-refractivity contribution in [2.75, 3.05) is 0 Å². The maximum Gasteiger partial charge on any atom is 0.252 e. The molecule has 7 heteroatoms. The minimum Gasteiger partial charge on any atom is -0.336 e. The molecule has 1 aromatic rings. The van der Waals surface area contributed by atoms with Gasteiger partial charge in [0.1, 0.15) is 6.04 Å². The van der Waals surface area contributed by atoms with E-state index in [1.807, 2.05) is 26.8 Å². The van der Waals surface area contributed by atoms with Gasteiger partial charge < -0.3 is 5.32 Å². The van der Waals surface area contributed by atoms with Crippen LogP contribution in [0.3, 0.4) is 0 Å². The zero-order chi connectivity index (χ0) is 17.3. The number of rotatable bonds is 3. The second-order valence-electron chi connectivity index (χ2n) is 6.36. The molecule has 6 nitrogen and oxygen atoms in total. The number of carbonyl (C=O) groups is 1. The summed E-state index contributed by atoms with van der Waals surface area (Å²) in [5, 5.41) is 17.0. The summed E-state index contributed by atoms with van der Waals surface area (Å²) in [7, 11) is -3.92. The zero-order valence-electron chi connectivity index (χ0n) is 13.4. The SMILES string of the molecule is Cc1cc(C(=O)NC(C#N)C(C)(C)C)cc(S(N)(=O)=O)c1C. The first-order valence-electron chi connectivity index (χ1n) is 6.72. The molecule has 0 bridgehead atoms. The number of benzene rings is 1. The zero-order valence-corrected chi connectivity index (χ0v) is 14.2. The first-order chi connectivity index (χ1) is 9.87. The Hall–Kier alpha value is -1.91. The minimum atomic E-state index is -3.92. The summed E-state index contributed by atoms with van der Waals surface area (Å²) >= 11 is 0. The minimum absolute atomic E-state index is 0.0816. The molecule has 0 aliphatic heterocycles. The van der Waals surface area contributed by atoms with Crippen molar-refractivity contribution in [3.05, 3.63) is 28.8 Å². The molecular formula is C15H21N3O3S. The van der Waals surface area contributed by atoms with Gasteiger partial charge >= 0.3 is 0 Å². The second-order valence-corrected chi connectivity index (χ2v) is 7.89. The first-order valence-corrected chi connectivity index (χ1v) is 8.27. The molecule has 1 rings (SSSR count). The van der Waals surface area contributed by atoms with Crippen molar-refractivity contribution in [3.63, 3.8) is 0 Å². The molecule has 22 heavy (non-hydrogen) atoms. The molecule has 0 saturated carbocycles. The summed E-state index contributed by atoms with van der Waals surface area (Å²) in [4.78, 5) is 12.2. The third kappa shape index (κ3) is 4.06. The molecule has 0 aliphatic carbocycles. The smallest absolute Gasteiger partial charge is 0.252 e. The Balaban J connectivity index is 3.27. The molecule has 0 heterocycles. The molecule has 1 aromatic carbocycles. The van der Waals surface area contributed by atoms with Crippen LogP contribution in [0.25, 0.3) is 0 Å².